The Balaban J connectivity index is 1.60. The van der Waals surface area contributed by atoms with Crippen molar-refractivity contribution in [2.75, 3.05) is 33.4 Å². The van der Waals surface area contributed by atoms with E-state index < -0.39 is 0 Å². The van der Waals surface area contributed by atoms with Crippen LogP contribution in [0.5, 0.6) is 5.75 Å². The summed E-state index contributed by atoms with van der Waals surface area (Å²) < 4.78 is 11.2. The fourth-order valence-corrected chi connectivity index (χ4v) is 2.95. The Kier molecular flexibility index (Phi) is 4.01. The van der Waals surface area contributed by atoms with E-state index in [0.717, 1.165) is 45.0 Å². The van der Waals surface area contributed by atoms with Crippen LogP contribution in [0.2, 0.25) is 0 Å². The molecular weight excluding hydrogens is 240 g/mol. The van der Waals surface area contributed by atoms with Gasteiger partial charge in [-0.3, -0.25) is 4.90 Å². The number of nitrogens with one attached hydrogen (secondary N) is 1. The van der Waals surface area contributed by atoms with Crippen molar-refractivity contribution in [2.24, 2.45) is 0 Å². The van der Waals surface area contributed by atoms with Gasteiger partial charge in [-0.2, -0.15) is 0 Å². The predicted octanol–water partition coefficient (Wildman–Crippen LogP) is 1.26. The molecular formula is C15H22N2O2. The number of ether oxygens (including phenoxy) is 2. The van der Waals surface area contributed by atoms with E-state index in [9.17, 15) is 0 Å². The van der Waals surface area contributed by atoms with Gasteiger partial charge >= 0.3 is 0 Å². The number of benzene rings is 1. The zero-order valence-electron chi connectivity index (χ0n) is 11.5. The van der Waals surface area contributed by atoms with E-state index in [-0.39, 0.29) is 0 Å². The van der Waals surface area contributed by atoms with E-state index in [1.807, 2.05) is 6.07 Å². The SMILES string of the molecule is COC1CNC(CN2CCOc3ccccc3C2)C1. The quantitative estimate of drug-likeness (QED) is 0.889. The van der Waals surface area contributed by atoms with E-state index in [2.05, 4.69) is 28.4 Å². The Morgan fingerprint density at radius 2 is 2.32 bits per heavy atom. The molecule has 3 rings (SSSR count). The second-order valence-electron chi connectivity index (χ2n) is 5.39. The molecule has 1 aromatic rings. The molecule has 0 aliphatic carbocycles. The van der Waals surface area contributed by atoms with Gasteiger partial charge in [0.05, 0.1) is 6.10 Å². The normalized spacial score (nSPS) is 27.6. The highest BCUT2D eigenvalue weighted by molar-refractivity contribution is 5.33. The molecule has 4 heteroatoms. The average Bonchev–Trinajstić information content (AvgIpc) is 2.78. The number of nitrogens with zero attached hydrogens (tertiary/aromatic N) is 1. The van der Waals surface area contributed by atoms with Crippen LogP contribution in [0.1, 0.15) is 12.0 Å². The maximum atomic E-state index is 5.80. The van der Waals surface area contributed by atoms with Gasteiger partial charge in [-0.05, 0) is 12.5 Å². The average molecular weight is 262 g/mol. The van der Waals surface area contributed by atoms with Crippen molar-refractivity contribution in [2.45, 2.75) is 25.1 Å². The van der Waals surface area contributed by atoms with E-state index in [0.29, 0.717) is 12.1 Å². The van der Waals surface area contributed by atoms with Crippen LogP contribution in [0.15, 0.2) is 24.3 Å². The summed E-state index contributed by atoms with van der Waals surface area (Å²) in [6.45, 7) is 4.79. The minimum atomic E-state index is 0.375. The van der Waals surface area contributed by atoms with Crippen LogP contribution in [0.4, 0.5) is 0 Å². The van der Waals surface area contributed by atoms with E-state index in [1.54, 1.807) is 7.11 Å². The van der Waals surface area contributed by atoms with Crippen LogP contribution in [0.3, 0.4) is 0 Å². The van der Waals surface area contributed by atoms with Gasteiger partial charge < -0.3 is 14.8 Å². The molecule has 1 aromatic carbocycles. The molecule has 0 spiro atoms. The molecule has 0 saturated carbocycles. The third kappa shape index (κ3) is 3.08. The molecule has 2 atom stereocenters. The van der Waals surface area contributed by atoms with Gasteiger partial charge in [0.25, 0.3) is 0 Å². The third-order valence-corrected chi connectivity index (χ3v) is 4.03. The van der Waals surface area contributed by atoms with Gasteiger partial charge in [-0.1, -0.05) is 18.2 Å². The van der Waals surface area contributed by atoms with Gasteiger partial charge in [0, 0.05) is 44.9 Å². The number of rotatable bonds is 3. The largest absolute Gasteiger partial charge is 0.492 e. The first-order valence-corrected chi connectivity index (χ1v) is 7.04. The summed E-state index contributed by atoms with van der Waals surface area (Å²) in [5, 5.41) is 3.54. The van der Waals surface area contributed by atoms with Crippen LogP contribution < -0.4 is 10.1 Å². The predicted molar refractivity (Wildman–Crippen MR) is 74.4 cm³/mol. The highest BCUT2D eigenvalue weighted by Gasteiger charge is 2.26. The smallest absolute Gasteiger partial charge is 0.123 e. The van der Waals surface area contributed by atoms with Gasteiger partial charge in [0.1, 0.15) is 12.4 Å². The number of fused-ring (bicyclic) bond motifs is 1. The second kappa shape index (κ2) is 5.90. The fourth-order valence-electron chi connectivity index (χ4n) is 2.95. The molecule has 0 aromatic heterocycles. The van der Waals surface area contributed by atoms with E-state index in [4.69, 9.17) is 9.47 Å². The summed E-state index contributed by atoms with van der Waals surface area (Å²) in [6.07, 6.45) is 1.48. The monoisotopic (exact) mass is 262 g/mol. The van der Waals surface area contributed by atoms with Crippen molar-refractivity contribution in [1.82, 2.24) is 10.2 Å². The molecule has 2 unspecified atom stereocenters. The van der Waals surface area contributed by atoms with Crippen molar-refractivity contribution in [3.63, 3.8) is 0 Å². The molecule has 2 aliphatic heterocycles. The van der Waals surface area contributed by atoms with Crippen molar-refractivity contribution < 1.29 is 9.47 Å². The zero-order valence-corrected chi connectivity index (χ0v) is 11.5. The second-order valence-corrected chi connectivity index (χ2v) is 5.39. The molecule has 2 aliphatic rings. The first-order valence-electron chi connectivity index (χ1n) is 7.04. The molecule has 2 heterocycles. The summed E-state index contributed by atoms with van der Waals surface area (Å²) >= 11 is 0. The van der Waals surface area contributed by atoms with Crippen LogP contribution in [0, 0.1) is 0 Å². The summed E-state index contributed by atoms with van der Waals surface area (Å²) in [4.78, 5) is 2.47. The minimum absolute atomic E-state index is 0.375. The van der Waals surface area contributed by atoms with Crippen LogP contribution in [-0.2, 0) is 11.3 Å². The first-order chi connectivity index (χ1) is 9.35. The molecule has 19 heavy (non-hydrogen) atoms. The molecule has 104 valence electrons. The third-order valence-electron chi connectivity index (χ3n) is 4.03. The molecule has 1 fully saturated rings. The van der Waals surface area contributed by atoms with E-state index in [1.165, 1.54) is 5.56 Å². The van der Waals surface area contributed by atoms with Crippen LogP contribution in [0.25, 0.3) is 0 Å². The molecule has 0 amide bonds. The van der Waals surface area contributed by atoms with Gasteiger partial charge in [-0.25, -0.2) is 0 Å². The lowest BCUT2D eigenvalue weighted by Crippen LogP contribution is -2.38. The first kappa shape index (κ1) is 12.9. The summed E-state index contributed by atoms with van der Waals surface area (Å²) in [7, 11) is 1.80. The fraction of sp³-hybridized carbons (Fsp3) is 0.600. The summed E-state index contributed by atoms with van der Waals surface area (Å²) in [5.41, 5.74) is 1.29. The van der Waals surface area contributed by atoms with E-state index >= 15 is 0 Å². The molecule has 1 saturated heterocycles. The van der Waals surface area contributed by atoms with Crippen molar-refractivity contribution in [3.05, 3.63) is 29.8 Å². The number of para-hydroxylation sites is 1. The maximum Gasteiger partial charge on any atom is 0.123 e. The van der Waals surface area contributed by atoms with Crippen molar-refractivity contribution >= 4 is 0 Å². The van der Waals surface area contributed by atoms with Crippen molar-refractivity contribution in [1.29, 1.82) is 0 Å². The molecule has 4 nitrogen and oxygen atoms in total. The molecule has 0 radical (unpaired) electrons. The zero-order chi connectivity index (χ0) is 13.1. The number of hydrogen-bond acceptors (Lipinski definition) is 4. The minimum Gasteiger partial charge on any atom is -0.492 e. The maximum absolute atomic E-state index is 5.80. The highest BCUT2D eigenvalue weighted by atomic mass is 16.5. The van der Waals surface area contributed by atoms with Crippen molar-refractivity contribution in [3.8, 4) is 5.75 Å². The van der Waals surface area contributed by atoms with Crippen LogP contribution in [-0.4, -0.2) is 50.4 Å². The van der Waals surface area contributed by atoms with Gasteiger partial charge in [0.15, 0.2) is 0 Å². The number of hydrogen-bond donors (Lipinski definition) is 1. The number of methoxy groups -OCH3 is 1. The summed E-state index contributed by atoms with van der Waals surface area (Å²) in [6, 6.07) is 8.88. The standard InChI is InChI=1S/C15H22N2O2/c1-18-14-8-13(16-9-14)11-17-6-7-19-15-5-3-2-4-12(15)10-17/h2-5,13-14,16H,6-11H2,1H3. The van der Waals surface area contributed by atoms with Crippen LogP contribution >= 0.6 is 0 Å². The summed E-state index contributed by atoms with van der Waals surface area (Å²) in [5.74, 6) is 1.04. The lowest BCUT2D eigenvalue weighted by molar-refractivity contribution is 0.115. The highest BCUT2D eigenvalue weighted by Crippen LogP contribution is 2.23. The Labute approximate surface area is 114 Å². The lowest BCUT2D eigenvalue weighted by atomic mass is 10.1. The van der Waals surface area contributed by atoms with Gasteiger partial charge in [-0.15, -0.1) is 0 Å². The molecule has 0 bridgehead atoms. The lowest BCUT2D eigenvalue weighted by Gasteiger charge is -2.23. The Morgan fingerprint density at radius 3 is 3.16 bits per heavy atom. The topological polar surface area (TPSA) is 33.7 Å². The van der Waals surface area contributed by atoms with Gasteiger partial charge in [0.2, 0.25) is 0 Å². The Hall–Kier alpha value is -1.10. The Bertz CT molecular complexity index is 424. The molecule has 1 N–H and O–H groups in total. The Morgan fingerprint density at radius 1 is 1.42 bits per heavy atom.